The Balaban J connectivity index is 1.70. The van der Waals surface area contributed by atoms with Crippen molar-refractivity contribution in [2.24, 2.45) is 5.73 Å². The number of fused-ring (bicyclic) bond motifs is 1. The number of pyridine rings is 1. The van der Waals surface area contributed by atoms with E-state index < -0.39 is 11.5 Å². The molecule has 7 heteroatoms. The number of nitrogens with two attached hydrogens (primary N) is 1. The van der Waals surface area contributed by atoms with Crippen molar-refractivity contribution in [2.75, 3.05) is 31.6 Å². The SMILES string of the molecule is CN1CC2(CCN(c3cc(C(N)=O)c4ccccc4n3)C2)OC1=O. The minimum absolute atomic E-state index is 0.291. The molecule has 2 saturated heterocycles. The minimum Gasteiger partial charge on any atom is -0.439 e. The van der Waals surface area contributed by atoms with E-state index >= 15 is 0 Å². The largest absolute Gasteiger partial charge is 0.439 e. The predicted octanol–water partition coefficient (Wildman–Crippen LogP) is 1.36. The highest BCUT2D eigenvalue weighted by Gasteiger charge is 2.48. The van der Waals surface area contributed by atoms with Crippen molar-refractivity contribution in [3.8, 4) is 0 Å². The van der Waals surface area contributed by atoms with Crippen LogP contribution in [-0.4, -0.2) is 54.2 Å². The van der Waals surface area contributed by atoms with Gasteiger partial charge in [-0.1, -0.05) is 18.2 Å². The zero-order valence-electron chi connectivity index (χ0n) is 13.4. The molecule has 0 aliphatic carbocycles. The normalized spacial score (nSPS) is 23.3. The monoisotopic (exact) mass is 326 g/mol. The number of benzene rings is 1. The number of primary amides is 1. The second-order valence-corrected chi connectivity index (χ2v) is 6.49. The average molecular weight is 326 g/mol. The van der Waals surface area contributed by atoms with E-state index in [-0.39, 0.29) is 6.09 Å². The van der Waals surface area contributed by atoms with Crippen molar-refractivity contribution in [3.63, 3.8) is 0 Å². The molecule has 4 rings (SSSR count). The number of carbonyl (C=O) groups excluding carboxylic acids is 2. The van der Waals surface area contributed by atoms with Gasteiger partial charge >= 0.3 is 6.09 Å². The van der Waals surface area contributed by atoms with Gasteiger partial charge in [-0.15, -0.1) is 0 Å². The summed E-state index contributed by atoms with van der Waals surface area (Å²) >= 11 is 0. The van der Waals surface area contributed by atoms with Crippen LogP contribution in [0.15, 0.2) is 30.3 Å². The maximum atomic E-state index is 11.8. The van der Waals surface area contributed by atoms with Gasteiger partial charge in [0, 0.05) is 25.4 Å². The number of ether oxygens (including phenoxy) is 1. The van der Waals surface area contributed by atoms with E-state index in [1.165, 1.54) is 0 Å². The van der Waals surface area contributed by atoms with Crippen LogP contribution in [0.4, 0.5) is 10.6 Å². The van der Waals surface area contributed by atoms with Gasteiger partial charge in [-0.3, -0.25) is 4.79 Å². The quantitative estimate of drug-likeness (QED) is 0.900. The van der Waals surface area contributed by atoms with Crippen LogP contribution in [0.3, 0.4) is 0 Å². The van der Waals surface area contributed by atoms with E-state index in [0.717, 1.165) is 17.3 Å². The summed E-state index contributed by atoms with van der Waals surface area (Å²) in [5.41, 5.74) is 6.23. The lowest BCUT2D eigenvalue weighted by Gasteiger charge is -2.23. The molecule has 0 saturated carbocycles. The molecular weight excluding hydrogens is 308 g/mol. The number of amides is 2. The van der Waals surface area contributed by atoms with Crippen LogP contribution in [0.5, 0.6) is 0 Å². The van der Waals surface area contributed by atoms with Gasteiger partial charge in [0.15, 0.2) is 5.60 Å². The van der Waals surface area contributed by atoms with Gasteiger partial charge in [-0.25, -0.2) is 9.78 Å². The fourth-order valence-electron chi connectivity index (χ4n) is 3.57. The van der Waals surface area contributed by atoms with E-state index in [2.05, 4.69) is 4.98 Å². The van der Waals surface area contributed by atoms with Gasteiger partial charge in [-0.05, 0) is 12.1 Å². The number of anilines is 1. The van der Waals surface area contributed by atoms with Crippen molar-refractivity contribution < 1.29 is 14.3 Å². The first kappa shape index (κ1) is 14.7. The molecular formula is C17H18N4O3. The van der Waals surface area contributed by atoms with Crippen LogP contribution in [0, 0.1) is 0 Å². The van der Waals surface area contributed by atoms with Crippen molar-refractivity contribution in [2.45, 2.75) is 12.0 Å². The number of carbonyl (C=O) groups is 2. The van der Waals surface area contributed by atoms with E-state index in [1.54, 1.807) is 18.0 Å². The summed E-state index contributed by atoms with van der Waals surface area (Å²) in [7, 11) is 1.74. The van der Waals surface area contributed by atoms with E-state index in [4.69, 9.17) is 10.5 Å². The van der Waals surface area contributed by atoms with Crippen LogP contribution in [0.1, 0.15) is 16.8 Å². The standard InChI is InChI=1S/C17H18N4O3/c1-20-9-17(24-16(20)23)6-7-21(10-17)14-8-12(15(18)22)11-4-2-3-5-13(11)19-14/h2-5,8H,6-7,9-10H2,1H3,(H2,18,22). The van der Waals surface area contributed by atoms with Gasteiger partial charge in [0.25, 0.3) is 0 Å². The highest BCUT2D eigenvalue weighted by Crippen LogP contribution is 2.34. The summed E-state index contributed by atoms with van der Waals surface area (Å²) in [4.78, 5) is 31.8. The molecule has 24 heavy (non-hydrogen) atoms. The summed E-state index contributed by atoms with van der Waals surface area (Å²) in [6.07, 6.45) is 0.449. The lowest BCUT2D eigenvalue weighted by Crippen LogP contribution is -2.37. The van der Waals surface area contributed by atoms with E-state index in [0.29, 0.717) is 31.0 Å². The molecule has 7 nitrogen and oxygen atoms in total. The Morgan fingerprint density at radius 1 is 1.33 bits per heavy atom. The molecule has 1 spiro atoms. The van der Waals surface area contributed by atoms with Crippen molar-refractivity contribution >= 4 is 28.7 Å². The molecule has 0 bridgehead atoms. The van der Waals surface area contributed by atoms with Crippen molar-refractivity contribution in [1.82, 2.24) is 9.88 Å². The Hall–Kier alpha value is -2.83. The first-order valence-corrected chi connectivity index (χ1v) is 7.86. The third-order valence-corrected chi connectivity index (χ3v) is 4.75. The number of nitrogens with zero attached hydrogens (tertiary/aromatic N) is 3. The zero-order chi connectivity index (χ0) is 16.9. The topological polar surface area (TPSA) is 88.8 Å². The number of rotatable bonds is 2. The molecule has 1 atom stereocenters. The molecule has 2 aliphatic heterocycles. The van der Waals surface area contributed by atoms with Crippen molar-refractivity contribution in [3.05, 3.63) is 35.9 Å². The van der Waals surface area contributed by atoms with Crippen molar-refractivity contribution in [1.29, 1.82) is 0 Å². The van der Waals surface area contributed by atoms with Gasteiger partial charge in [0.1, 0.15) is 5.82 Å². The molecule has 2 aliphatic rings. The number of hydrogen-bond acceptors (Lipinski definition) is 5. The summed E-state index contributed by atoms with van der Waals surface area (Å²) in [6, 6.07) is 9.16. The van der Waals surface area contributed by atoms with Crippen LogP contribution >= 0.6 is 0 Å². The molecule has 1 unspecified atom stereocenters. The van der Waals surface area contributed by atoms with Gasteiger partial charge in [-0.2, -0.15) is 0 Å². The van der Waals surface area contributed by atoms with Gasteiger partial charge in [0.2, 0.25) is 5.91 Å². The number of hydrogen-bond donors (Lipinski definition) is 1. The van der Waals surface area contributed by atoms with E-state index in [1.807, 2.05) is 29.2 Å². The average Bonchev–Trinajstić information content (AvgIpc) is 3.09. The number of para-hydroxylation sites is 1. The smallest absolute Gasteiger partial charge is 0.410 e. The minimum atomic E-state index is -0.494. The first-order valence-electron chi connectivity index (χ1n) is 7.86. The summed E-state index contributed by atoms with van der Waals surface area (Å²) in [5.74, 6) is 0.209. The first-order chi connectivity index (χ1) is 11.5. The Morgan fingerprint density at radius 3 is 2.83 bits per heavy atom. The fourth-order valence-corrected chi connectivity index (χ4v) is 3.57. The van der Waals surface area contributed by atoms with Crippen LogP contribution < -0.4 is 10.6 Å². The Bertz CT molecular complexity index is 853. The molecule has 1 aromatic carbocycles. The molecule has 1 aromatic heterocycles. The Morgan fingerprint density at radius 2 is 2.12 bits per heavy atom. The van der Waals surface area contributed by atoms with Crippen LogP contribution in [0.2, 0.25) is 0 Å². The molecule has 124 valence electrons. The number of aromatic nitrogens is 1. The Kier molecular flexibility index (Phi) is 3.13. The van der Waals surface area contributed by atoms with Crippen LogP contribution in [0.25, 0.3) is 10.9 Å². The van der Waals surface area contributed by atoms with Gasteiger partial charge in [0.05, 0.1) is 24.2 Å². The van der Waals surface area contributed by atoms with Gasteiger partial charge < -0.3 is 20.3 Å². The highest BCUT2D eigenvalue weighted by molar-refractivity contribution is 6.06. The van der Waals surface area contributed by atoms with E-state index in [9.17, 15) is 9.59 Å². The fraction of sp³-hybridized carbons (Fsp3) is 0.353. The summed E-state index contributed by atoms with van der Waals surface area (Å²) in [6.45, 7) is 1.84. The molecule has 2 aromatic rings. The second kappa shape index (κ2) is 5.09. The molecule has 2 amide bonds. The second-order valence-electron chi connectivity index (χ2n) is 6.49. The number of likely N-dealkylation sites (N-methyl/N-ethyl adjacent to an activating group) is 1. The summed E-state index contributed by atoms with van der Waals surface area (Å²) in [5, 5.41) is 0.745. The molecule has 2 N–H and O–H groups in total. The highest BCUT2D eigenvalue weighted by atomic mass is 16.6. The third-order valence-electron chi connectivity index (χ3n) is 4.75. The Labute approximate surface area is 139 Å². The zero-order valence-corrected chi connectivity index (χ0v) is 13.4. The molecule has 0 radical (unpaired) electrons. The summed E-state index contributed by atoms with van der Waals surface area (Å²) < 4.78 is 5.56. The lowest BCUT2D eigenvalue weighted by atomic mass is 10.0. The maximum absolute atomic E-state index is 11.8. The predicted molar refractivity (Wildman–Crippen MR) is 88.9 cm³/mol. The lowest BCUT2D eigenvalue weighted by molar-refractivity contribution is 0.0741. The molecule has 3 heterocycles. The molecule has 2 fully saturated rings. The maximum Gasteiger partial charge on any atom is 0.410 e. The van der Waals surface area contributed by atoms with Crippen LogP contribution in [-0.2, 0) is 4.74 Å². The third kappa shape index (κ3) is 2.24.